The number of amides is 2. The number of hydrogen-bond donors (Lipinski definition) is 1. The molecule has 4 aromatic rings. The first-order chi connectivity index (χ1) is 22.4. The van der Waals surface area contributed by atoms with Gasteiger partial charge in [-0.15, -0.1) is 0 Å². The second-order valence-electron chi connectivity index (χ2n) is 11.3. The van der Waals surface area contributed by atoms with E-state index < -0.39 is 40.2 Å². The normalized spacial score (nSPS) is 12.6. The largest absolute Gasteiger partial charge is 0.495 e. The summed E-state index contributed by atoms with van der Waals surface area (Å²) in [6, 6.07) is 24.5. The van der Waals surface area contributed by atoms with Crippen LogP contribution in [-0.2, 0) is 32.6 Å². The SMILES string of the molecule is CC[C@H](C)NC(=O)[C@@H](Cc1ccccc1)N(Cc1ccccc1F)C(=O)CN(c1cc(Cl)ccc1OC)S(=O)(=O)c1ccc(C)cc1. The maximum absolute atomic E-state index is 15.1. The Hall–Kier alpha value is -4.41. The van der Waals surface area contributed by atoms with E-state index in [1.807, 2.05) is 51.1 Å². The molecule has 0 spiro atoms. The van der Waals surface area contributed by atoms with Crippen molar-refractivity contribution in [1.82, 2.24) is 10.2 Å². The first-order valence-electron chi connectivity index (χ1n) is 15.2. The minimum absolute atomic E-state index is 0.0310. The Bertz CT molecular complexity index is 1790. The molecule has 4 rings (SSSR count). The van der Waals surface area contributed by atoms with Gasteiger partial charge in [-0.2, -0.15) is 0 Å². The molecule has 4 aromatic carbocycles. The molecule has 0 radical (unpaired) electrons. The van der Waals surface area contributed by atoms with Crippen molar-refractivity contribution < 1.29 is 27.1 Å². The van der Waals surface area contributed by atoms with E-state index in [-0.39, 0.29) is 45.9 Å². The Kier molecular flexibility index (Phi) is 12.0. The van der Waals surface area contributed by atoms with Crippen LogP contribution < -0.4 is 14.4 Å². The standard InChI is InChI=1S/C36H39ClFN3O5S/c1-5-26(3)39-36(43)33(21-27-11-7-6-8-12-27)40(23-28-13-9-10-14-31(28)38)35(42)24-41(32-22-29(37)17-20-34(32)46-4)47(44,45)30-18-15-25(2)16-19-30/h6-20,22,26,33H,5,21,23-24H2,1-4H3,(H,39,43)/t26-,33+/m0/s1. The highest BCUT2D eigenvalue weighted by Crippen LogP contribution is 2.35. The number of halogens is 2. The molecule has 47 heavy (non-hydrogen) atoms. The molecular weight excluding hydrogens is 641 g/mol. The fourth-order valence-corrected chi connectivity index (χ4v) is 6.60. The van der Waals surface area contributed by atoms with E-state index in [0.29, 0.717) is 6.42 Å². The summed E-state index contributed by atoms with van der Waals surface area (Å²) in [4.78, 5) is 29.7. The Morgan fingerprint density at radius 1 is 0.957 bits per heavy atom. The third-order valence-electron chi connectivity index (χ3n) is 7.87. The molecule has 8 nitrogen and oxygen atoms in total. The molecule has 0 saturated carbocycles. The topological polar surface area (TPSA) is 96.0 Å². The average molecular weight is 680 g/mol. The zero-order valence-electron chi connectivity index (χ0n) is 26.8. The molecule has 2 amide bonds. The summed E-state index contributed by atoms with van der Waals surface area (Å²) in [5.74, 6) is -1.58. The lowest BCUT2D eigenvalue weighted by Gasteiger charge is -2.34. The minimum Gasteiger partial charge on any atom is -0.495 e. The summed E-state index contributed by atoms with van der Waals surface area (Å²) in [6.07, 6.45) is 0.747. The highest BCUT2D eigenvalue weighted by molar-refractivity contribution is 7.92. The average Bonchev–Trinajstić information content (AvgIpc) is 3.06. The molecule has 0 aromatic heterocycles. The number of rotatable bonds is 14. The van der Waals surface area contributed by atoms with Crippen LogP contribution in [0.25, 0.3) is 0 Å². The van der Waals surface area contributed by atoms with Gasteiger partial charge >= 0.3 is 0 Å². The molecule has 0 aliphatic rings. The van der Waals surface area contributed by atoms with Gasteiger partial charge in [0.15, 0.2) is 0 Å². The van der Waals surface area contributed by atoms with Crippen molar-refractivity contribution in [2.24, 2.45) is 0 Å². The van der Waals surface area contributed by atoms with Crippen LogP contribution in [0.1, 0.15) is 37.0 Å². The highest BCUT2D eigenvalue weighted by atomic mass is 35.5. The van der Waals surface area contributed by atoms with Crippen LogP contribution in [0.3, 0.4) is 0 Å². The Balaban J connectivity index is 1.87. The molecule has 1 N–H and O–H groups in total. The van der Waals surface area contributed by atoms with Gasteiger partial charge in [0.25, 0.3) is 10.0 Å². The fraction of sp³-hybridized carbons (Fsp3) is 0.278. The Morgan fingerprint density at radius 2 is 1.62 bits per heavy atom. The molecule has 0 heterocycles. The first kappa shape index (κ1) is 35.4. The summed E-state index contributed by atoms with van der Waals surface area (Å²) < 4.78 is 50.1. The van der Waals surface area contributed by atoms with Gasteiger partial charge in [0.2, 0.25) is 11.8 Å². The number of hydrogen-bond acceptors (Lipinski definition) is 5. The van der Waals surface area contributed by atoms with Gasteiger partial charge < -0.3 is 15.0 Å². The lowest BCUT2D eigenvalue weighted by Crippen LogP contribution is -2.54. The third-order valence-corrected chi connectivity index (χ3v) is 9.88. The van der Waals surface area contributed by atoms with E-state index in [1.165, 1.54) is 54.5 Å². The number of carbonyl (C=O) groups is 2. The van der Waals surface area contributed by atoms with Gasteiger partial charge in [-0.1, -0.05) is 84.8 Å². The minimum atomic E-state index is -4.39. The second kappa shape index (κ2) is 15.9. The van der Waals surface area contributed by atoms with E-state index in [2.05, 4.69) is 5.32 Å². The van der Waals surface area contributed by atoms with Gasteiger partial charge in [-0.05, 0) is 62.2 Å². The number of nitrogens with one attached hydrogen (secondary N) is 1. The van der Waals surface area contributed by atoms with Gasteiger partial charge in [-0.25, -0.2) is 12.8 Å². The van der Waals surface area contributed by atoms with E-state index >= 15 is 4.39 Å². The molecule has 2 atom stereocenters. The maximum Gasteiger partial charge on any atom is 0.264 e. The van der Waals surface area contributed by atoms with Crippen LogP contribution >= 0.6 is 11.6 Å². The van der Waals surface area contributed by atoms with E-state index in [4.69, 9.17) is 16.3 Å². The Morgan fingerprint density at radius 3 is 2.26 bits per heavy atom. The number of anilines is 1. The summed E-state index contributed by atoms with van der Waals surface area (Å²) >= 11 is 6.34. The molecule has 0 saturated heterocycles. The van der Waals surface area contributed by atoms with E-state index in [0.717, 1.165) is 15.4 Å². The van der Waals surface area contributed by atoms with Crippen molar-refractivity contribution in [3.63, 3.8) is 0 Å². The van der Waals surface area contributed by atoms with Crippen molar-refractivity contribution in [2.45, 2.75) is 57.1 Å². The zero-order chi connectivity index (χ0) is 34.1. The van der Waals surface area contributed by atoms with Gasteiger partial charge in [0.05, 0.1) is 17.7 Å². The predicted octanol–water partition coefficient (Wildman–Crippen LogP) is 6.55. The van der Waals surface area contributed by atoms with Crippen LogP contribution in [0.4, 0.5) is 10.1 Å². The van der Waals surface area contributed by atoms with Crippen LogP contribution in [-0.4, -0.2) is 50.9 Å². The predicted molar refractivity (Wildman–Crippen MR) is 182 cm³/mol. The lowest BCUT2D eigenvalue weighted by molar-refractivity contribution is -0.140. The number of nitrogens with zero attached hydrogens (tertiary/aromatic N) is 2. The summed E-state index contributed by atoms with van der Waals surface area (Å²) in [5, 5.41) is 3.18. The van der Waals surface area contributed by atoms with Crippen molar-refractivity contribution in [2.75, 3.05) is 18.0 Å². The van der Waals surface area contributed by atoms with E-state index in [1.54, 1.807) is 24.3 Å². The van der Waals surface area contributed by atoms with Crippen LogP contribution in [0, 0.1) is 12.7 Å². The number of methoxy groups -OCH3 is 1. The van der Waals surface area contributed by atoms with Crippen molar-refractivity contribution in [3.8, 4) is 5.75 Å². The molecule has 0 fully saturated rings. The smallest absolute Gasteiger partial charge is 0.264 e. The van der Waals surface area contributed by atoms with E-state index in [9.17, 15) is 18.0 Å². The third kappa shape index (κ3) is 8.90. The zero-order valence-corrected chi connectivity index (χ0v) is 28.4. The molecule has 0 bridgehead atoms. The van der Waals surface area contributed by atoms with Crippen LogP contribution in [0.2, 0.25) is 5.02 Å². The number of sulfonamides is 1. The number of ether oxygens (including phenoxy) is 1. The molecular formula is C36H39ClFN3O5S. The van der Waals surface area contributed by atoms with Crippen molar-refractivity contribution in [3.05, 3.63) is 125 Å². The molecule has 0 unspecified atom stereocenters. The molecule has 11 heteroatoms. The lowest BCUT2D eigenvalue weighted by atomic mass is 10.0. The van der Waals surface area contributed by atoms with Gasteiger partial charge in [-0.3, -0.25) is 13.9 Å². The van der Waals surface area contributed by atoms with Crippen molar-refractivity contribution in [1.29, 1.82) is 0 Å². The summed E-state index contributed by atoms with van der Waals surface area (Å²) in [5.41, 5.74) is 1.81. The Labute approximate surface area is 281 Å². The molecule has 248 valence electrons. The summed E-state index contributed by atoms with van der Waals surface area (Å²) in [7, 11) is -3.01. The fourth-order valence-electron chi connectivity index (χ4n) is 5.01. The highest BCUT2D eigenvalue weighted by Gasteiger charge is 2.36. The second-order valence-corrected chi connectivity index (χ2v) is 13.6. The van der Waals surface area contributed by atoms with Crippen LogP contribution in [0.5, 0.6) is 5.75 Å². The summed E-state index contributed by atoms with van der Waals surface area (Å²) in [6.45, 7) is 4.58. The number of aryl methyl sites for hydroxylation is 1. The first-order valence-corrected chi connectivity index (χ1v) is 17.1. The number of carbonyl (C=O) groups excluding carboxylic acids is 2. The number of benzene rings is 4. The quantitative estimate of drug-likeness (QED) is 0.163. The van der Waals surface area contributed by atoms with Gasteiger partial charge in [0, 0.05) is 29.6 Å². The van der Waals surface area contributed by atoms with Crippen LogP contribution in [0.15, 0.2) is 102 Å². The van der Waals surface area contributed by atoms with Gasteiger partial charge in [0.1, 0.15) is 24.2 Å². The molecule has 0 aliphatic carbocycles. The molecule has 0 aliphatic heterocycles. The maximum atomic E-state index is 15.1. The monoisotopic (exact) mass is 679 g/mol. The van der Waals surface area contributed by atoms with Crippen molar-refractivity contribution >= 4 is 39.1 Å².